The molecule has 2 aromatic carbocycles. The summed E-state index contributed by atoms with van der Waals surface area (Å²) in [4.78, 5) is 12.3. The first kappa shape index (κ1) is 19.8. The number of para-hydroxylation sites is 1. The highest BCUT2D eigenvalue weighted by Gasteiger charge is 2.27. The maximum Gasteiger partial charge on any atom is 0.412 e. The van der Waals surface area contributed by atoms with Gasteiger partial charge in [-0.3, -0.25) is 5.32 Å². The highest BCUT2D eigenvalue weighted by atomic mass is 79.9. The van der Waals surface area contributed by atoms with Crippen LogP contribution in [0.25, 0.3) is 0 Å². The Hall–Kier alpha value is -1.57. The van der Waals surface area contributed by atoms with Crippen LogP contribution in [0, 0.1) is 5.92 Å². The van der Waals surface area contributed by atoms with Gasteiger partial charge in [0.2, 0.25) is 0 Å². The van der Waals surface area contributed by atoms with Gasteiger partial charge in [-0.05, 0) is 52.5 Å². The monoisotopic (exact) mass is 471 g/mol. The van der Waals surface area contributed by atoms with Crippen LogP contribution < -0.4 is 5.32 Å². The molecule has 0 aliphatic rings. The van der Waals surface area contributed by atoms with E-state index in [1.165, 1.54) is 0 Å². The zero-order chi connectivity index (χ0) is 18.4. The molecular weight excluding hydrogens is 454 g/mol. The molecule has 0 fully saturated rings. The quantitative estimate of drug-likeness (QED) is 0.538. The van der Waals surface area contributed by atoms with Crippen molar-refractivity contribution in [2.75, 3.05) is 11.9 Å². The van der Waals surface area contributed by atoms with Crippen LogP contribution in [0.15, 0.2) is 51.4 Å². The largest absolute Gasteiger partial charge is 0.506 e. The van der Waals surface area contributed by atoms with E-state index in [2.05, 4.69) is 37.2 Å². The van der Waals surface area contributed by atoms with Crippen LogP contribution in [-0.2, 0) is 4.74 Å². The number of aliphatic hydroxyl groups excluding tert-OH is 1. The van der Waals surface area contributed by atoms with Crippen molar-refractivity contribution in [2.24, 2.45) is 5.92 Å². The predicted octanol–water partition coefficient (Wildman–Crippen LogP) is 5.23. The Morgan fingerprint density at radius 2 is 1.92 bits per heavy atom. The van der Waals surface area contributed by atoms with E-state index >= 15 is 0 Å². The van der Waals surface area contributed by atoms with Gasteiger partial charge in [-0.1, -0.05) is 41.1 Å². The molecule has 3 N–H and O–H groups in total. The van der Waals surface area contributed by atoms with Crippen molar-refractivity contribution in [3.05, 3.63) is 57.0 Å². The minimum atomic E-state index is -0.718. The van der Waals surface area contributed by atoms with Crippen LogP contribution in [0.1, 0.15) is 25.0 Å². The normalized spacial score (nSPS) is 13.1. The lowest BCUT2D eigenvalue weighted by Gasteiger charge is -2.25. The summed E-state index contributed by atoms with van der Waals surface area (Å²) in [6.45, 7) is 1.81. The zero-order valence-corrected chi connectivity index (χ0v) is 16.7. The number of phenols is 1. The Kier molecular flexibility index (Phi) is 7.28. The molecule has 0 heterocycles. The number of nitrogens with one attached hydrogen (secondary N) is 1. The predicted molar refractivity (Wildman–Crippen MR) is 104 cm³/mol. The zero-order valence-electron chi connectivity index (χ0n) is 13.6. The van der Waals surface area contributed by atoms with Crippen molar-refractivity contribution in [1.29, 1.82) is 0 Å². The number of aliphatic hydroxyl groups is 1. The second kappa shape index (κ2) is 9.22. The number of anilines is 1. The second-order valence-electron chi connectivity index (χ2n) is 5.63. The third kappa shape index (κ3) is 5.45. The lowest BCUT2D eigenvalue weighted by Crippen LogP contribution is -2.22. The maximum absolute atomic E-state index is 12.3. The number of carbonyl (C=O) groups is 1. The van der Waals surface area contributed by atoms with Gasteiger partial charge in [0, 0.05) is 22.3 Å². The molecule has 0 aliphatic carbocycles. The molecule has 2 atom stereocenters. The smallest absolute Gasteiger partial charge is 0.412 e. The summed E-state index contributed by atoms with van der Waals surface area (Å²) in [6, 6.07) is 12.4. The van der Waals surface area contributed by atoms with Crippen molar-refractivity contribution >= 4 is 43.6 Å². The van der Waals surface area contributed by atoms with Gasteiger partial charge in [-0.2, -0.15) is 0 Å². The number of rotatable bonds is 6. The van der Waals surface area contributed by atoms with Gasteiger partial charge in [0.05, 0.1) is 4.47 Å². The molecule has 2 rings (SSSR count). The Labute approximate surface area is 163 Å². The van der Waals surface area contributed by atoms with E-state index in [0.717, 1.165) is 4.47 Å². The van der Waals surface area contributed by atoms with Crippen LogP contribution in [-0.4, -0.2) is 22.9 Å². The first-order valence-electron chi connectivity index (χ1n) is 7.73. The van der Waals surface area contributed by atoms with E-state index < -0.39 is 12.2 Å². The van der Waals surface area contributed by atoms with Crippen LogP contribution in [0.5, 0.6) is 5.75 Å². The summed E-state index contributed by atoms with van der Waals surface area (Å²) in [6.07, 6.45) is -0.923. The fourth-order valence-corrected chi connectivity index (χ4v) is 3.69. The van der Waals surface area contributed by atoms with Gasteiger partial charge in [-0.15, -0.1) is 0 Å². The van der Waals surface area contributed by atoms with Gasteiger partial charge >= 0.3 is 6.09 Å². The molecule has 7 heteroatoms. The number of halogens is 2. The number of phenolic OH excluding ortho intramolecular Hbond substituents is 1. The van der Waals surface area contributed by atoms with Crippen molar-refractivity contribution in [3.63, 3.8) is 0 Å². The molecule has 0 aromatic heterocycles. The molecule has 0 radical (unpaired) electrons. The number of carbonyl (C=O) groups excluding carboxylic acids is 1. The average Bonchev–Trinajstić information content (AvgIpc) is 2.57. The first-order chi connectivity index (χ1) is 11.9. The average molecular weight is 473 g/mol. The van der Waals surface area contributed by atoms with Gasteiger partial charge in [0.15, 0.2) is 0 Å². The fraction of sp³-hybridized carbons (Fsp3) is 0.278. The fourth-order valence-electron chi connectivity index (χ4n) is 2.43. The highest BCUT2D eigenvalue weighted by molar-refractivity contribution is 9.11. The summed E-state index contributed by atoms with van der Waals surface area (Å²) in [5, 5.41) is 22.3. The number of amides is 1. The van der Waals surface area contributed by atoms with Gasteiger partial charge in [0.25, 0.3) is 0 Å². The van der Waals surface area contributed by atoms with Crippen LogP contribution >= 0.6 is 31.9 Å². The molecule has 25 heavy (non-hydrogen) atoms. The van der Waals surface area contributed by atoms with Crippen LogP contribution in [0.3, 0.4) is 0 Å². The lowest BCUT2D eigenvalue weighted by molar-refractivity contribution is 0.0651. The van der Waals surface area contributed by atoms with Crippen molar-refractivity contribution < 1.29 is 19.7 Å². The van der Waals surface area contributed by atoms with Crippen molar-refractivity contribution in [2.45, 2.75) is 19.4 Å². The van der Waals surface area contributed by atoms with Crippen LogP contribution in [0.2, 0.25) is 0 Å². The molecule has 2 aromatic rings. The van der Waals surface area contributed by atoms with E-state index in [0.29, 0.717) is 22.1 Å². The molecule has 0 unspecified atom stereocenters. The molecule has 134 valence electrons. The molecule has 1 amide bonds. The van der Waals surface area contributed by atoms with E-state index in [1.807, 2.05) is 13.0 Å². The minimum absolute atomic E-state index is 0.00509. The molecular formula is C18H19Br2NO4. The van der Waals surface area contributed by atoms with Gasteiger partial charge in [0.1, 0.15) is 11.9 Å². The number of benzene rings is 2. The number of hydrogen-bond donors (Lipinski definition) is 3. The van der Waals surface area contributed by atoms with Crippen LogP contribution in [0.4, 0.5) is 10.5 Å². The molecule has 0 saturated carbocycles. The first-order valence-corrected chi connectivity index (χ1v) is 9.32. The SMILES string of the molecule is C[C@@H](CCO)[C@@H](OC(=O)Nc1ccccc1)c1cc(Br)cc(Br)c1O. The molecule has 0 spiro atoms. The third-order valence-corrected chi connectivity index (χ3v) is 4.78. The van der Waals surface area contributed by atoms with E-state index in [-0.39, 0.29) is 18.3 Å². The Morgan fingerprint density at radius 3 is 2.56 bits per heavy atom. The summed E-state index contributed by atoms with van der Waals surface area (Å²) in [5.74, 6) is -0.191. The van der Waals surface area contributed by atoms with Crippen molar-refractivity contribution in [1.82, 2.24) is 0 Å². The summed E-state index contributed by atoms with van der Waals surface area (Å²) >= 11 is 6.66. The number of ether oxygens (including phenoxy) is 1. The van der Waals surface area contributed by atoms with E-state index in [4.69, 9.17) is 4.74 Å². The number of hydrogen-bond acceptors (Lipinski definition) is 4. The molecule has 0 saturated heterocycles. The summed E-state index contributed by atoms with van der Waals surface area (Å²) < 4.78 is 6.81. The topological polar surface area (TPSA) is 78.8 Å². The molecule has 5 nitrogen and oxygen atoms in total. The minimum Gasteiger partial charge on any atom is -0.506 e. The summed E-state index contributed by atoms with van der Waals surface area (Å²) in [7, 11) is 0. The summed E-state index contributed by atoms with van der Waals surface area (Å²) in [5.41, 5.74) is 1.08. The maximum atomic E-state index is 12.3. The van der Waals surface area contributed by atoms with E-state index in [1.54, 1.807) is 36.4 Å². The number of aromatic hydroxyl groups is 1. The lowest BCUT2D eigenvalue weighted by atomic mass is 9.94. The Balaban J connectivity index is 2.26. The van der Waals surface area contributed by atoms with Gasteiger partial charge in [-0.25, -0.2) is 4.79 Å². The van der Waals surface area contributed by atoms with E-state index in [9.17, 15) is 15.0 Å². The Morgan fingerprint density at radius 1 is 1.24 bits per heavy atom. The Bertz CT molecular complexity index is 725. The molecule has 0 bridgehead atoms. The second-order valence-corrected chi connectivity index (χ2v) is 7.40. The van der Waals surface area contributed by atoms with Gasteiger partial charge < -0.3 is 14.9 Å². The standard InChI is InChI=1S/C18H19Br2NO4/c1-11(7-8-22)17(14-9-12(19)10-15(20)16(14)23)25-18(24)21-13-5-3-2-4-6-13/h2-6,9-11,17,22-23H,7-8H2,1H3,(H,21,24)/t11-,17+/m0/s1. The molecule has 0 aliphatic heterocycles. The highest BCUT2D eigenvalue weighted by Crippen LogP contribution is 2.40. The third-order valence-electron chi connectivity index (χ3n) is 3.72. The van der Waals surface area contributed by atoms with Crippen molar-refractivity contribution in [3.8, 4) is 5.75 Å².